The summed E-state index contributed by atoms with van der Waals surface area (Å²) in [7, 11) is 0. The van der Waals surface area contributed by atoms with Gasteiger partial charge in [-0.05, 0) is 49.2 Å². The molecule has 4 nitrogen and oxygen atoms in total. The molecular formula is C18H18N2O2. The molecule has 0 saturated heterocycles. The fourth-order valence-electron chi connectivity index (χ4n) is 2.42. The lowest BCUT2D eigenvalue weighted by Crippen LogP contribution is -2.08. The van der Waals surface area contributed by atoms with Crippen molar-refractivity contribution in [3.8, 4) is 5.75 Å². The summed E-state index contributed by atoms with van der Waals surface area (Å²) in [6.45, 7) is 4.34. The fraction of sp³-hybridized carbons (Fsp3) is 0.167. The molecule has 1 heterocycles. The van der Waals surface area contributed by atoms with E-state index < -0.39 is 0 Å². The molecule has 0 saturated carbocycles. The highest BCUT2D eigenvalue weighted by Gasteiger charge is 2.05. The van der Waals surface area contributed by atoms with Gasteiger partial charge in [-0.25, -0.2) is 0 Å². The maximum atomic E-state index is 12.2. The first-order valence-corrected chi connectivity index (χ1v) is 7.14. The van der Waals surface area contributed by atoms with Crippen molar-refractivity contribution in [2.24, 2.45) is 0 Å². The molecule has 3 rings (SSSR count). The van der Waals surface area contributed by atoms with Crippen molar-refractivity contribution in [3.05, 3.63) is 69.5 Å². The Balaban J connectivity index is 1.90. The lowest BCUT2D eigenvalue weighted by atomic mass is 10.1. The number of aromatic nitrogens is 1. The number of aromatic amines is 1. The molecule has 112 valence electrons. The highest BCUT2D eigenvalue weighted by atomic mass is 16.5. The molecule has 1 aromatic heterocycles. The molecule has 0 amide bonds. The van der Waals surface area contributed by atoms with E-state index in [-0.39, 0.29) is 5.43 Å². The highest BCUT2D eigenvalue weighted by molar-refractivity contribution is 5.81. The zero-order chi connectivity index (χ0) is 15.7. The number of hydrogen-bond acceptors (Lipinski definition) is 3. The van der Waals surface area contributed by atoms with Gasteiger partial charge in [0.2, 0.25) is 0 Å². The van der Waals surface area contributed by atoms with Crippen LogP contribution in [-0.4, -0.2) is 4.98 Å². The standard InChI is InChI=1S/C18H18N2O2/c1-11-3-4-12(2)18(7-11)22-10-14-9-17(21)15-8-13(19)5-6-16(15)20-14/h3-9H,10,19H2,1-2H3,(H,20,21). The first-order chi connectivity index (χ1) is 10.5. The van der Waals surface area contributed by atoms with Crippen molar-refractivity contribution < 1.29 is 4.74 Å². The molecule has 0 aliphatic carbocycles. The molecule has 0 aliphatic rings. The van der Waals surface area contributed by atoms with E-state index in [1.165, 1.54) is 0 Å². The third-order valence-corrected chi connectivity index (χ3v) is 3.64. The summed E-state index contributed by atoms with van der Waals surface area (Å²) >= 11 is 0. The van der Waals surface area contributed by atoms with Gasteiger partial charge in [-0.15, -0.1) is 0 Å². The summed E-state index contributed by atoms with van der Waals surface area (Å²) in [4.78, 5) is 15.4. The molecule has 0 fully saturated rings. The first-order valence-electron chi connectivity index (χ1n) is 7.14. The molecule has 0 unspecified atom stereocenters. The Hall–Kier alpha value is -2.75. The van der Waals surface area contributed by atoms with Crippen molar-refractivity contribution in [2.75, 3.05) is 5.73 Å². The number of pyridine rings is 1. The van der Waals surface area contributed by atoms with Crippen molar-refractivity contribution in [1.82, 2.24) is 4.98 Å². The van der Waals surface area contributed by atoms with Crippen LogP contribution >= 0.6 is 0 Å². The molecule has 3 aromatic rings. The van der Waals surface area contributed by atoms with E-state index in [0.29, 0.717) is 17.7 Å². The van der Waals surface area contributed by atoms with Gasteiger partial charge in [0.05, 0.1) is 5.69 Å². The normalized spacial score (nSPS) is 10.8. The van der Waals surface area contributed by atoms with Crippen LogP contribution in [0.15, 0.2) is 47.3 Å². The summed E-state index contributed by atoms with van der Waals surface area (Å²) in [5.41, 5.74) is 9.96. The molecule has 0 bridgehead atoms. The van der Waals surface area contributed by atoms with Gasteiger partial charge < -0.3 is 15.5 Å². The summed E-state index contributed by atoms with van der Waals surface area (Å²) in [5, 5.41) is 0.593. The number of fused-ring (bicyclic) bond motifs is 1. The third-order valence-electron chi connectivity index (χ3n) is 3.64. The van der Waals surface area contributed by atoms with Gasteiger partial charge in [-0.2, -0.15) is 0 Å². The summed E-state index contributed by atoms with van der Waals surface area (Å²) in [5.74, 6) is 0.832. The lowest BCUT2D eigenvalue weighted by molar-refractivity contribution is 0.299. The van der Waals surface area contributed by atoms with Crippen LogP contribution < -0.4 is 15.9 Å². The Morgan fingerprint density at radius 1 is 1.09 bits per heavy atom. The minimum Gasteiger partial charge on any atom is -0.487 e. The molecule has 22 heavy (non-hydrogen) atoms. The number of ether oxygens (including phenoxy) is 1. The van der Waals surface area contributed by atoms with E-state index in [9.17, 15) is 4.79 Å². The molecule has 4 heteroatoms. The van der Waals surface area contributed by atoms with E-state index in [4.69, 9.17) is 10.5 Å². The second-order valence-electron chi connectivity index (χ2n) is 5.52. The topological polar surface area (TPSA) is 68.1 Å². The van der Waals surface area contributed by atoms with Crippen LogP contribution in [0.2, 0.25) is 0 Å². The summed E-state index contributed by atoms with van der Waals surface area (Å²) < 4.78 is 5.84. The number of H-pyrrole nitrogens is 1. The number of nitrogen functional groups attached to an aromatic ring is 1. The molecule has 3 N–H and O–H groups in total. The van der Waals surface area contributed by atoms with E-state index in [2.05, 4.69) is 4.98 Å². The number of aryl methyl sites for hydroxylation is 2. The number of rotatable bonds is 3. The minimum atomic E-state index is -0.0550. The Morgan fingerprint density at radius 3 is 2.73 bits per heavy atom. The first kappa shape index (κ1) is 14.2. The van der Waals surface area contributed by atoms with Crippen molar-refractivity contribution in [2.45, 2.75) is 20.5 Å². The van der Waals surface area contributed by atoms with Crippen LogP contribution in [0.25, 0.3) is 10.9 Å². The van der Waals surface area contributed by atoms with E-state index in [1.807, 2.05) is 38.1 Å². The number of hydrogen-bond donors (Lipinski definition) is 2. The summed E-state index contributed by atoms with van der Waals surface area (Å²) in [6.07, 6.45) is 0. The Kier molecular flexibility index (Phi) is 3.59. The minimum absolute atomic E-state index is 0.0550. The van der Waals surface area contributed by atoms with Gasteiger partial charge in [0.15, 0.2) is 5.43 Å². The van der Waals surface area contributed by atoms with Gasteiger partial charge in [-0.1, -0.05) is 12.1 Å². The Bertz CT molecular complexity index is 897. The number of nitrogens with one attached hydrogen (secondary N) is 1. The van der Waals surface area contributed by atoms with E-state index in [0.717, 1.165) is 28.1 Å². The second kappa shape index (κ2) is 5.56. The largest absolute Gasteiger partial charge is 0.487 e. The maximum Gasteiger partial charge on any atom is 0.189 e. The highest BCUT2D eigenvalue weighted by Crippen LogP contribution is 2.20. The summed E-state index contributed by atoms with van der Waals surface area (Å²) in [6, 6.07) is 12.9. The molecule has 0 aliphatic heterocycles. The molecule has 0 atom stereocenters. The van der Waals surface area contributed by atoms with Crippen LogP contribution in [0.5, 0.6) is 5.75 Å². The number of anilines is 1. The predicted molar refractivity (Wildman–Crippen MR) is 89.2 cm³/mol. The van der Waals surface area contributed by atoms with Gasteiger partial charge in [-0.3, -0.25) is 4.79 Å². The van der Waals surface area contributed by atoms with Crippen LogP contribution in [0.4, 0.5) is 5.69 Å². The molecule has 0 spiro atoms. The average Bonchev–Trinajstić information content (AvgIpc) is 2.49. The molecule has 2 aromatic carbocycles. The van der Waals surface area contributed by atoms with E-state index >= 15 is 0 Å². The number of nitrogens with two attached hydrogens (primary N) is 1. The van der Waals surface area contributed by atoms with Crippen molar-refractivity contribution in [1.29, 1.82) is 0 Å². The van der Waals surface area contributed by atoms with Gasteiger partial charge in [0.25, 0.3) is 0 Å². The Labute approximate surface area is 128 Å². The predicted octanol–water partition coefficient (Wildman–Crippen LogP) is 3.31. The van der Waals surface area contributed by atoms with Gasteiger partial charge >= 0.3 is 0 Å². The van der Waals surface area contributed by atoms with Gasteiger partial charge in [0.1, 0.15) is 12.4 Å². The fourth-order valence-corrected chi connectivity index (χ4v) is 2.42. The van der Waals surface area contributed by atoms with Crippen LogP contribution in [0, 0.1) is 13.8 Å². The quantitative estimate of drug-likeness (QED) is 0.728. The van der Waals surface area contributed by atoms with Crippen molar-refractivity contribution >= 4 is 16.6 Å². The third kappa shape index (κ3) is 2.81. The maximum absolute atomic E-state index is 12.2. The second-order valence-corrected chi connectivity index (χ2v) is 5.52. The van der Waals surface area contributed by atoms with Crippen LogP contribution in [0.3, 0.4) is 0 Å². The monoisotopic (exact) mass is 294 g/mol. The lowest BCUT2D eigenvalue weighted by Gasteiger charge is -2.10. The van der Waals surface area contributed by atoms with Gasteiger partial charge in [0, 0.05) is 22.7 Å². The van der Waals surface area contributed by atoms with E-state index in [1.54, 1.807) is 18.2 Å². The molecule has 0 radical (unpaired) electrons. The number of benzene rings is 2. The zero-order valence-corrected chi connectivity index (χ0v) is 12.6. The SMILES string of the molecule is Cc1ccc(C)c(OCc2cc(=O)c3cc(N)ccc3[nH]2)c1. The molecular weight excluding hydrogens is 276 g/mol. The van der Waals surface area contributed by atoms with Crippen LogP contribution in [0.1, 0.15) is 16.8 Å². The zero-order valence-electron chi connectivity index (χ0n) is 12.6. The van der Waals surface area contributed by atoms with Crippen LogP contribution in [-0.2, 0) is 6.61 Å². The van der Waals surface area contributed by atoms with Crippen molar-refractivity contribution in [3.63, 3.8) is 0 Å². The smallest absolute Gasteiger partial charge is 0.189 e. The average molecular weight is 294 g/mol. The Morgan fingerprint density at radius 2 is 1.91 bits per heavy atom.